The summed E-state index contributed by atoms with van der Waals surface area (Å²) < 4.78 is 39.5. The summed E-state index contributed by atoms with van der Waals surface area (Å²) in [7, 11) is 0. The Kier molecular flexibility index (Phi) is 6.91. The van der Waals surface area contributed by atoms with Crippen LogP contribution in [0, 0.1) is 0 Å². The first-order valence-corrected chi connectivity index (χ1v) is 10.4. The van der Waals surface area contributed by atoms with E-state index in [0.717, 1.165) is 12.1 Å². The Bertz CT molecular complexity index is 906. The van der Waals surface area contributed by atoms with Crippen molar-refractivity contribution in [3.63, 3.8) is 0 Å². The summed E-state index contributed by atoms with van der Waals surface area (Å²) in [6.45, 7) is 2.39. The van der Waals surface area contributed by atoms with Crippen LogP contribution in [0.15, 0.2) is 53.4 Å². The molecule has 2 N–H and O–H groups in total. The van der Waals surface area contributed by atoms with E-state index in [1.165, 1.54) is 22.7 Å². The summed E-state index contributed by atoms with van der Waals surface area (Å²) in [5.41, 5.74) is 0.112. The van der Waals surface area contributed by atoms with Gasteiger partial charge in [-0.1, -0.05) is 25.1 Å². The number of hydrogen-bond donors (Lipinski definition) is 2. The zero-order chi connectivity index (χ0) is 21.7. The van der Waals surface area contributed by atoms with Crippen LogP contribution in [0.5, 0.6) is 0 Å². The quantitative estimate of drug-likeness (QED) is 0.697. The van der Waals surface area contributed by atoms with Crippen molar-refractivity contribution in [3.05, 3.63) is 54.1 Å². The SMILES string of the molecule is CC1CCN(C(=O)CCNC(=O)Nc2ccccc2)c2cc(C(F)(F)F)ccc2S1. The monoisotopic (exact) mass is 437 g/mol. The molecule has 160 valence electrons. The Morgan fingerprint density at radius 2 is 1.90 bits per heavy atom. The molecule has 0 aliphatic carbocycles. The van der Waals surface area contributed by atoms with E-state index in [2.05, 4.69) is 10.6 Å². The van der Waals surface area contributed by atoms with Gasteiger partial charge in [0.05, 0.1) is 11.3 Å². The maximum atomic E-state index is 13.2. The molecule has 30 heavy (non-hydrogen) atoms. The fraction of sp³-hybridized carbons (Fsp3) is 0.333. The van der Waals surface area contributed by atoms with Gasteiger partial charge in [0.15, 0.2) is 0 Å². The van der Waals surface area contributed by atoms with Crippen molar-refractivity contribution in [2.24, 2.45) is 0 Å². The number of carbonyl (C=O) groups is 2. The highest BCUT2D eigenvalue weighted by Gasteiger charge is 2.33. The van der Waals surface area contributed by atoms with E-state index in [4.69, 9.17) is 0 Å². The Morgan fingerprint density at radius 3 is 2.60 bits per heavy atom. The second-order valence-electron chi connectivity index (χ2n) is 6.94. The topological polar surface area (TPSA) is 61.4 Å². The minimum absolute atomic E-state index is 0.0169. The molecule has 9 heteroatoms. The standard InChI is InChI=1S/C21H22F3N3O2S/c1-14-10-12-27(17-13-15(21(22,23)24)7-8-18(17)30-14)19(28)9-11-25-20(29)26-16-5-3-2-4-6-16/h2-8,13-14H,9-12H2,1H3,(H2,25,26,29). The third-order valence-corrected chi connectivity index (χ3v) is 5.86. The summed E-state index contributed by atoms with van der Waals surface area (Å²) in [6, 6.07) is 11.9. The summed E-state index contributed by atoms with van der Waals surface area (Å²) in [5.74, 6) is -0.328. The van der Waals surface area contributed by atoms with Crippen LogP contribution in [0.1, 0.15) is 25.3 Å². The third-order valence-electron chi connectivity index (χ3n) is 4.62. The number of nitrogens with one attached hydrogen (secondary N) is 2. The minimum Gasteiger partial charge on any atom is -0.337 e. The van der Waals surface area contributed by atoms with Gasteiger partial charge in [0.1, 0.15) is 0 Å². The number of nitrogens with zero attached hydrogens (tertiary/aromatic N) is 1. The molecule has 0 radical (unpaired) electrons. The third kappa shape index (κ3) is 5.69. The van der Waals surface area contributed by atoms with Crippen molar-refractivity contribution in [2.45, 2.75) is 36.1 Å². The zero-order valence-corrected chi connectivity index (χ0v) is 17.1. The zero-order valence-electron chi connectivity index (χ0n) is 16.3. The molecule has 0 bridgehead atoms. The number of anilines is 2. The van der Waals surface area contributed by atoms with Crippen LogP contribution in [-0.2, 0) is 11.0 Å². The number of halogens is 3. The predicted molar refractivity (Wildman–Crippen MR) is 112 cm³/mol. The molecule has 1 aliphatic heterocycles. The van der Waals surface area contributed by atoms with E-state index in [1.54, 1.807) is 24.3 Å². The highest BCUT2D eigenvalue weighted by atomic mass is 32.2. The van der Waals surface area contributed by atoms with E-state index < -0.39 is 17.8 Å². The van der Waals surface area contributed by atoms with Crippen LogP contribution in [0.3, 0.4) is 0 Å². The number of alkyl halides is 3. The fourth-order valence-corrected chi connectivity index (χ4v) is 4.18. The molecule has 1 unspecified atom stereocenters. The number of fused-ring (bicyclic) bond motifs is 1. The molecule has 0 aromatic heterocycles. The van der Waals surface area contributed by atoms with E-state index in [0.29, 0.717) is 23.5 Å². The Morgan fingerprint density at radius 1 is 1.17 bits per heavy atom. The largest absolute Gasteiger partial charge is 0.416 e. The van der Waals surface area contributed by atoms with Crippen LogP contribution in [-0.4, -0.2) is 30.3 Å². The number of amides is 3. The lowest BCUT2D eigenvalue weighted by molar-refractivity contribution is -0.137. The Labute approximate surface area is 177 Å². The number of thioether (sulfide) groups is 1. The van der Waals surface area contributed by atoms with Crippen molar-refractivity contribution in [1.82, 2.24) is 5.32 Å². The smallest absolute Gasteiger partial charge is 0.337 e. The van der Waals surface area contributed by atoms with E-state index >= 15 is 0 Å². The van der Waals surface area contributed by atoms with Gasteiger partial charge in [-0.05, 0) is 36.8 Å². The second kappa shape index (κ2) is 9.42. The molecule has 2 aromatic carbocycles. The first kappa shape index (κ1) is 22.0. The average Bonchev–Trinajstić information content (AvgIpc) is 2.85. The molecule has 0 spiro atoms. The number of para-hydroxylation sites is 1. The van der Waals surface area contributed by atoms with Gasteiger partial charge in [0, 0.05) is 35.3 Å². The first-order chi connectivity index (χ1) is 14.2. The number of benzene rings is 2. The molecule has 5 nitrogen and oxygen atoms in total. The van der Waals surface area contributed by atoms with Crippen molar-refractivity contribution in [1.29, 1.82) is 0 Å². The number of carbonyl (C=O) groups excluding carboxylic acids is 2. The van der Waals surface area contributed by atoms with Gasteiger partial charge in [0.2, 0.25) is 5.91 Å². The van der Waals surface area contributed by atoms with Crippen LogP contribution in [0.4, 0.5) is 29.3 Å². The van der Waals surface area contributed by atoms with Gasteiger partial charge in [-0.15, -0.1) is 11.8 Å². The lowest BCUT2D eigenvalue weighted by atomic mass is 10.1. The lowest BCUT2D eigenvalue weighted by Gasteiger charge is -2.24. The van der Waals surface area contributed by atoms with Crippen LogP contribution < -0.4 is 15.5 Å². The van der Waals surface area contributed by atoms with Crippen LogP contribution >= 0.6 is 11.8 Å². The second-order valence-corrected chi connectivity index (χ2v) is 8.42. The fourth-order valence-electron chi connectivity index (χ4n) is 3.09. The van der Waals surface area contributed by atoms with Gasteiger partial charge in [-0.3, -0.25) is 4.79 Å². The van der Waals surface area contributed by atoms with Crippen LogP contribution in [0.25, 0.3) is 0 Å². The van der Waals surface area contributed by atoms with Gasteiger partial charge >= 0.3 is 12.2 Å². The van der Waals surface area contributed by atoms with Crippen molar-refractivity contribution >= 4 is 35.1 Å². The Hall–Kier alpha value is -2.68. The number of urea groups is 1. The summed E-state index contributed by atoms with van der Waals surface area (Å²) in [6.07, 6.45) is -3.84. The molecule has 1 aliphatic rings. The first-order valence-electron chi connectivity index (χ1n) is 9.52. The molecule has 3 rings (SSSR count). The maximum Gasteiger partial charge on any atom is 0.416 e. The molecule has 2 aromatic rings. The Balaban J connectivity index is 1.66. The van der Waals surface area contributed by atoms with Crippen molar-refractivity contribution in [2.75, 3.05) is 23.3 Å². The summed E-state index contributed by atoms with van der Waals surface area (Å²) in [5, 5.41) is 5.42. The van der Waals surface area contributed by atoms with Gasteiger partial charge in [-0.25, -0.2) is 4.79 Å². The van der Waals surface area contributed by atoms with E-state index in [9.17, 15) is 22.8 Å². The molecule has 1 heterocycles. The predicted octanol–water partition coefficient (Wildman–Crippen LogP) is 5.13. The molecule has 0 saturated carbocycles. The molecular weight excluding hydrogens is 415 g/mol. The van der Waals surface area contributed by atoms with Gasteiger partial charge < -0.3 is 15.5 Å². The van der Waals surface area contributed by atoms with Crippen LogP contribution in [0.2, 0.25) is 0 Å². The molecular formula is C21H22F3N3O2S. The highest BCUT2D eigenvalue weighted by Crippen LogP contribution is 2.41. The van der Waals surface area contributed by atoms with Crippen molar-refractivity contribution in [3.8, 4) is 0 Å². The van der Waals surface area contributed by atoms with Gasteiger partial charge in [0.25, 0.3) is 0 Å². The van der Waals surface area contributed by atoms with Crippen molar-refractivity contribution < 1.29 is 22.8 Å². The molecule has 0 fully saturated rings. The molecule has 1 atom stereocenters. The number of rotatable bonds is 4. The summed E-state index contributed by atoms with van der Waals surface area (Å²) >= 11 is 1.46. The minimum atomic E-state index is -4.48. The maximum absolute atomic E-state index is 13.2. The lowest BCUT2D eigenvalue weighted by Crippen LogP contribution is -2.36. The molecule has 3 amide bonds. The number of hydrogen-bond acceptors (Lipinski definition) is 3. The highest BCUT2D eigenvalue weighted by molar-refractivity contribution is 8.00. The molecule has 0 saturated heterocycles. The van der Waals surface area contributed by atoms with Gasteiger partial charge in [-0.2, -0.15) is 13.2 Å². The average molecular weight is 437 g/mol. The summed E-state index contributed by atoms with van der Waals surface area (Å²) in [4.78, 5) is 26.8. The van der Waals surface area contributed by atoms with E-state index in [1.807, 2.05) is 13.0 Å². The van der Waals surface area contributed by atoms with E-state index in [-0.39, 0.29) is 29.8 Å². The normalized spacial score (nSPS) is 16.4.